The molecule has 2 aromatic carbocycles. The van der Waals surface area contributed by atoms with Gasteiger partial charge < -0.3 is 14.8 Å². The lowest BCUT2D eigenvalue weighted by Crippen LogP contribution is -2.28. The van der Waals surface area contributed by atoms with Crippen LogP contribution in [0.25, 0.3) is 0 Å². The van der Waals surface area contributed by atoms with Gasteiger partial charge in [0.25, 0.3) is 5.91 Å². The number of halogens is 4. The molecular weight excluding hydrogens is 473 g/mol. The molecule has 1 aliphatic heterocycles. The zero-order chi connectivity index (χ0) is 23.4. The van der Waals surface area contributed by atoms with Crippen LogP contribution in [0.15, 0.2) is 47.4 Å². The fourth-order valence-electron chi connectivity index (χ4n) is 3.02. The minimum atomic E-state index is -4.62. The van der Waals surface area contributed by atoms with Crippen LogP contribution in [0.4, 0.5) is 18.9 Å². The fraction of sp³-hybridized carbons (Fsp3) is 0.350. The van der Waals surface area contributed by atoms with Crippen LogP contribution in [0.5, 0.6) is 11.5 Å². The van der Waals surface area contributed by atoms with E-state index in [2.05, 4.69) is 5.32 Å². The molecule has 1 N–H and O–H groups in total. The third kappa shape index (κ3) is 6.27. The van der Waals surface area contributed by atoms with Crippen molar-refractivity contribution in [1.82, 2.24) is 4.31 Å². The molecule has 0 spiro atoms. The molecule has 1 fully saturated rings. The van der Waals surface area contributed by atoms with Crippen molar-refractivity contribution in [2.45, 2.75) is 23.9 Å². The minimum Gasteiger partial charge on any atom is -0.482 e. The van der Waals surface area contributed by atoms with E-state index in [0.717, 1.165) is 31.0 Å². The molecule has 0 radical (unpaired) electrons. The highest BCUT2D eigenvalue weighted by Crippen LogP contribution is 2.32. The molecule has 174 valence electrons. The van der Waals surface area contributed by atoms with Gasteiger partial charge in [0.1, 0.15) is 11.5 Å². The second kappa shape index (κ2) is 9.97. The predicted octanol–water partition coefficient (Wildman–Crippen LogP) is 4.08. The molecule has 0 aliphatic carbocycles. The first kappa shape index (κ1) is 24.1. The summed E-state index contributed by atoms with van der Waals surface area (Å²) in [4.78, 5) is 12.2. The second-order valence-electron chi connectivity index (χ2n) is 6.94. The van der Waals surface area contributed by atoms with Crippen LogP contribution in [0.1, 0.15) is 12.8 Å². The summed E-state index contributed by atoms with van der Waals surface area (Å²) in [7, 11) is -3.86. The van der Waals surface area contributed by atoms with E-state index in [1.807, 2.05) is 0 Å². The summed E-state index contributed by atoms with van der Waals surface area (Å²) in [6.45, 7) is -1.42. The Hall–Kier alpha value is -2.50. The SMILES string of the molecule is O=C(COc1ccccc1Cl)Nc1cc(S(=O)(=O)N2CCCC2)ccc1OCC(F)(F)F. The van der Waals surface area contributed by atoms with Crippen molar-refractivity contribution in [1.29, 1.82) is 0 Å². The largest absolute Gasteiger partial charge is 0.482 e. The van der Waals surface area contributed by atoms with Crippen LogP contribution in [0.3, 0.4) is 0 Å². The van der Waals surface area contributed by atoms with E-state index in [9.17, 15) is 26.4 Å². The van der Waals surface area contributed by atoms with E-state index in [1.54, 1.807) is 18.2 Å². The standard InChI is InChI=1S/C20H20ClF3N2O5S/c21-15-5-1-2-6-17(15)30-12-19(27)25-16-11-14(32(28,29)26-9-3-4-10-26)7-8-18(16)31-13-20(22,23)24/h1-2,5-8,11H,3-4,9-10,12-13H2,(H,25,27). The van der Waals surface area contributed by atoms with E-state index in [0.29, 0.717) is 13.1 Å². The lowest BCUT2D eigenvalue weighted by atomic mass is 10.3. The van der Waals surface area contributed by atoms with Crippen molar-refractivity contribution in [2.75, 3.05) is 31.6 Å². The number of nitrogens with zero attached hydrogens (tertiary/aromatic N) is 1. The summed E-state index contributed by atoms with van der Waals surface area (Å²) < 4.78 is 74.8. The quantitative estimate of drug-likeness (QED) is 0.600. The zero-order valence-electron chi connectivity index (χ0n) is 16.7. The molecule has 0 saturated carbocycles. The monoisotopic (exact) mass is 492 g/mol. The molecule has 7 nitrogen and oxygen atoms in total. The molecule has 1 amide bonds. The number of ether oxygens (including phenoxy) is 2. The average molecular weight is 493 g/mol. The van der Waals surface area contributed by atoms with Crippen LogP contribution in [-0.4, -0.2) is 51.1 Å². The second-order valence-corrected chi connectivity index (χ2v) is 9.29. The van der Waals surface area contributed by atoms with Gasteiger partial charge in [0, 0.05) is 13.1 Å². The van der Waals surface area contributed by atoms with Gasteiger partial charge in [-0.1, -0.05) is 23.7 Å². The fourth-order valence-corrected chi connectivity index (χ4v) is 4.76. The number of carbonyl (C=O) groups is 1. The van der Waals surface area contributed by atoms with Gasteiger partial charge in [-0.15, -0.1) is 0 Å². The van der Waals surface area contributed by atoms with E-state index in [-0.39, 0.29) is 27.1 Å². The van der Waals surface area contributed by atoms with Gasteiger partial charge in [0.2, 0.25) is 10.0 Å². The Balaban J connectivity index is 1.81. The van der Waals surface area contributed by atoms with E-state index in [1.165, 1.54) is 10.4 Å². The molecule has 0 atom stereocenters. The number of hydrogen-bond donors (Lipinski definition) is 1. The Morgan fingerprint density at radius 1 is 1.06 bits per heavy atom. The topological polar surface area (TPSA) is 84.9 Å². The van der Waals surface area contributed by atoms with Crippen molar-refractivity contribution in [3.8, 4) is 11.5 Å². The number of anilines is 1. The molecule has 1 aliphatic rings. The molecule has 2 aromatic rings. The molecule has 0 aromatic heterocycles. The van der Waals surface area contributed by atoms with Crippen molar-refractivity contribution in [3.05, 3.63) is 47.5 Å². The van der Waals surface area contributed by atoms with Gasteiger partial charge >= 0.3 is 6.18 Å². The number of benzene rings is 2. The Bertz CT molecular complexity index is 1070. The summed E-state index contributed by atoms with van der Waals surface area (Å²) in [5.41, 5.74) is -0.220. The Morgan fingerprint density at radius 3 is 2.41 bits per heavy atom. The zero-order valence-corrected chi connectivity index (χ0v) is 18.3. The van der Waals surface area contributed by atoms with Crippen LogP contribution in [0.2, 0.25) is 5.02 Å². The summed E-state index contributed by atoms with van der Waals surface area (Å²) in [6.07, 6.45) is -3.18. The van der Waals surface area contributed by atoms with Crippen molar-refractivity contribution >= 4 is 33.2 Å². The van der Waals surface area contributed by atoms with Gasteiger partial charge in [0.15, 0.2) is 13.2 Å². The number of amides is 1. The van der Waals surface area contributed by atoms with Crippen LogP contribution in [0, 0.1) is 0 Å². The van der Waals surface area contributed by atoms with E-state index < -0.39 is 35.3 Å². The maximum absolute atomic E-state index is 12.8. The summed E-state index contributed by atoms with van der Waals surface area (Å²) >= 11 is 5.96. The number of hydrogen-bond acceptors (Lipinski definition) is 5. The first-order chi connectivity index (χ1) is 15.1. The van der Waals surface area contributed by atoms with Crippen LogP contribution >= 0.6 is 11.6 Å². The van der Waals surface area contributed by atoms with Gasteiger partial charge in [-0.3, -0.25) is 4.79 Å². The lowest BCUT2D eigenvalue weighted by Gasteiger charge is -2.18. The van der Waals surface area contributed by atoms with E-state index in [4.69, 9.17) is 21.1 Å². The Morgan fingerprint density at radius 2 is 1.75 bits per heavy atom. The van der Waals surface area contributed by atoms with Crippen molar-refractivity contribution < 1.29 is 35.9 Å². The highest BCUT2D eigenvalue weighted by molar-refractivity contribution is 7.89. The average Bonchev–Trinajstić information content (AvgIpc) is 3.27. The molecule has 0 unspecified atom stereocenters. The Kier molecular flexibility index (Phi) is 7.52. The third-order valence-electron chi connectivity index (χ3n) is 4.51. The lowest BCUT2D eigenvalue weighted by molar-refractivity contribution is -0.153. The van der Waals surface area contributed by atoms with Gasteiger partial charge in [0.05, 0.1) is 15.6 Å². The highest BCUT2D eigenvalue weighted by atomic mass is 35.5. The van der Waals surface area contributed by atoms with Gasteiger partial charge in [-0.05, 0) is 43.2 Å². The molecule has 0 bridgehead atoms. The molecule has 1 heterocycles. The van der Waals surface area contributed by atoms with E-state index >= 15 is 0 Å². The van der Waals surface area contributed by atoms with Crippen molar-refractivity contribution in [2.24, 2.45) is 0 Å². The Labute approximate surface area is 188 Å². The number of nitrogens with one attached hydrogen (secondary N) is 1. The number of para-hydroxylation sites is 1. The maximum Gasteiger partial charge on any atom is 0.422 e. The summed E-state index contributed by atoms with van der Waals surface area (Å²) in [6, 6.07) is 9.73. The maximum atomic E-state index is 12.8. The first-order valence-electron chi connectivity index (χ1n) is 9.57. The molecular formula is C20H20ClF3N2O5S. The molecule has 32 heavy (non-hydrogen) atoms. The predicted molar refractivity (Wildman–Crippen MR) is 112 cm³/mol. The van der Waals surface area contributed by atoms with Crippen LogP contribution in [-0.2, 0) is 14.8 Å². The van der Waals surface area contributed by atoms with Crippen molar-refractivity contribution in [3.63, 3.8) is 0 Å². The number of sulfonamides is 1. The van der Waals surface area contributed by atoms with Gasteiger partial charge in [-0.25, -0.2) is 8.42 Å². The molecule has 1 saturated heterocycles. The number of rotatable bonds is 8. The first-order valence-corrected chi connectivity index (χ1v) is 11.4. The van der Waals surface area contributed by atoms with Gasteiger partial charge in [-0.2, -0.15) is 17.5 Å². The third-order valence-corrected chi connectivity index (χ3v) is 6.72. The normalized spacial score (nSPS) is 14.9. The highest BCUT2D eigenvalue weighted by Gasteiger charge is 2.31. The number of carbonyl (C=O) groups excluding carboxylic acids is 1. The molecule has 12 heteroatoms. The smallest absolute Gasteiger partial charge is 0.422 e. The molecule has 3 rings (SSSR count). The number of alkyl halides is 3. The summed E-state index contributed by atoms with van der Waals surface area (Å²) in [5.74, 6) is -0.825. The summed E-state index contributed by atoms with van der Waals surface area (Å²) in [5, 5.41) is 2.63. The minimum absolute atomic E-state index is 0.166. The van der Waals surface area contributed by atoms with Crippen LogP contribution < -0.4 is 14.8 Å².